The van der Waals surface area contributed by atoms with Crippen molar-refractivity contribution >= 4 is 28.6 Å². The van der Waals surface area contributed by atoms with E-state index in [1.165, 1.54) is 20.5 Å². The molecule has 0 unspecified atom stereocenters. The Bertz CT molecular complexity index is 616. The highest BCUT2D eigenvalue weighted by molar-refractivity contribution is 7.12. The van der Waals surface area contributed by atoms with E-state index in [1.54, 1.807) is 11.3 Å². The first-order valence-electron chi connectivity index (χ1n) is 8.28. The van der Waals surface area contributed by atoms with Gasteiger partial charge in [-0.25, -0.2) is 9.98 Å². The molecule has 0 aliphatic carbocycles. The van der Waals surface area contributed by atoms with Gasteiger partial charge in [0, 0.05) is 34.6 Å². The fraction of sp³-hybridized carbons (Fsp3) is 0.529. The van der Waals surface area contributed by atoms with Gasteiger partial charge in [0.25, 0.3) is 0 Å². The van der Waals surface area contributed by atoms with Crippen LogP contribution in [-0.2, 0) is 25.8 Å². The number of thiazole rings is 1. The number of aryl methyl sites for hydroxylation is 2. The molecule has 2 N–H and O–H groups in total. The van der Waals surface area contributed by atoms with Gasteiger partial charge in [-0.15, -0.1) is 22.7 Å². The molecule has 2 aromatic rings. The molecule has 4 nitrogen and oxygen atoms in total. The van der Waals surface area contributed by atoms with Gasteiger partial charge >= 0.3 is 0 Å². The summed E-state index contributed by atoms with van der Waals surface area (Å²) in [5, 5.41) is 10.1. The lowest BCUT2D eigenvalue weighted by Crippen LogP contribution is -2.38. The van der Waals surface area contributed by atoms with Gasteiger partial charge in [0.15, 0.2) is 5.96 Å². The van der Waals surface area contributed by atoms with Gasteiger partial charge < -0.3 is 10.6 Å². The molecule has 0 spiro atoms. The molecular formula is C17H26N4S2. The number of aromatic nitrogens is 1. The quantitative estimate of drug-likeness (QED) is 0.565. The van der Waals surface area contributed by atoms with Crippen molar-refractivity contribution in [2.75, 3.05) is 13.1 Å². The van der Waals surface area contributed by atoms with E-state index in [4.69, 9.17) is 0 Å². The molecule has 0 atom stereocenters. The molecular weight excluding hydrogens is 324 g/mol. The van der Waals surface area contributed by atoms with E-state index < -0.39 is 0 Å². The predicted octanol–water partition coefficient (Wildman–Crippen LogP) is 3.63. The zero-order valence-corrected chi connectivity index (χ0v) is 15.8. The molecule has 0 saturated carbocycles. The van der Waals surface area contributed by atoms with Crippen molar-refractivity contribution in [3.8, 4) is 0 Å². The highest BCUT2D eigenvalue weighted by Gasteiger charge is 2.03. The highest BCUT2D eigenvalue weighted by atomic mass is 32.1. The van der Waals surface area contributed by atoms with Gasteiger partial charge in [-0.2, -0.15) is 0 Å². The van der Waals surface area contributed by atoms with Crippen molar-refractivity contribution in [1.29, 1.82) is 0 Å². The summed E-state index contributed by atoms with van der Waals surface area (Å²) < 4.78 is 0. The van der Waals surface area contributed by atoms with Crippen LogP contribution in [0.1, 0.15) is 41.2 Å². The van der Waals surface area contributed by atoms with Crippen molar-refractivity contribution in [3.63, 3.8) is 0 Å². The van der Waals surface area contributed by atoms with Crippen LogP contribution in [0.5, 0.6) is 0 Å². The van der Waals surface area contributed by atoms with E-state index >= 15 is 0 Å². The Hall–Kier alpha value is -1.40. The van der Waals surface area contributed by atoms with Crippen LogP contribution in [0.2, 0.25) is 0 Å². The Morgan fingerprint density at radius 2 is 1.96 bits per heavy atom. The molecule has 0 aliphatic heterocycles. The lowest BCUT2D eigenvalue weighted by Gasteiger charge is -2.10. The minimum atomic E-state index is 0.733. The minimum Gasteiger partial charge on any atom is -0.357 e. The Morgan fingerprint density at radius 1 is 1.13 bits per heavy atom. The predicted molar refractivity (Wildman–Crippen MR) is 102 cm³/mol. The smallest absolute Gasteiger partial charge is 0.191 e. The maximum Gasteiger partial charge on any atom is 0.191 e. The summed E-state index contributed by atoms with van der Waals surface area (Å²) in [5.74, 6) is 0.880. The second-order valence-electron chi connectivity index (χ2n) is 5.18. The largest absolute Gasteiger partial charge is 0.357 e. The third-order valence-corrected chi connectivity index (χ3v) is 5.63. The topological polar surface area (TPSA) is 49.3 Å². The van der Waals surface area contributed by atoms with Crippen LogP contribution < -0.4 is 10.6 Å². The van der Waals surface area contributed by atoms with Gasteiger partial charge in [0.1, 0.15) is 0 Å². The first kappa shape index (κ1) is 17.9. The number of nitrogens with zero attached hydrogens (tertiary/aromatic N) is 2. The van der Waals surface area contributed by atoms with Crippen molar-refractivity contribution in [2.24, 2.45) is 4.99 Å². The average Bonchev–Trinajstić information content (AvgIpc) is 3.21. The zero-order valence-electron chi connectivity index (χ0n) is 14.2. The van der Waals surface area contributed by atoms with E-state index in [2.05, 4.69) is 58.9 Å². The molecule has 0 aliphatic rings. The Morgan fingerprint density at radius 3 is 2.61 bits per heavy atom. The number of rotatable bonds is 8. The minimum absolute atomic E-state index is 0.733. The third kappa shape index (κ3) is 5.95. The molecule has 0 radical (unpaired) electrons. The molecule has 2 aromatic heterocycles. The Kier molecular flexibility index (Phi) is 7.55. The van der Waals surface area contributed by atoms with Gasteiger partial charge in [0.05, 0.1) is 17.2 Å². The molecule has 0 bridgehead atoms. The van der Waals surface area contributed by atoms with E-state index in [1.807, 2.05) is 11.3 Å². The standard InChI is InChI=1S/C17H26N4S2/c1-4-14-7-8-15(23-14)11-20-17(18-6-3)19-10-9-13-12-22-16(5-2)21-13/h7-8,12H,4-6,9-11H2,1-3H3,(H2,18,19,20). The molecule has 23 heavy (non-hydrogen) atoms. The average molecular weight is 351 g/mol. The number of thiophene rings is 1. The van der Waals surface area contributed by atoms with Crippen molar-refractivity contribution in [3.05, 3.63) is 38.0 Å². The molecule has 0 saturated heterocycles. The summed E-state index contributed by atoms with van der Waals surface area (Å²) in [5.41, 5.74) is 1.17. The van der Waals surface area contributed by atoms with Crippen molar-refractivity contribution < 1.29 is 0 Å². The number of guanidine groups is 1. The second-order valence-corrected chi connectivity index (χ2v) is 7.38. The number of nitrogens with one attached hydrogen (secondary N) is 2. The first-order valence-corrected chi connectivity index (χ1v) is 9.97. The fourth-order valence-corrected chi connectivity index (χ4v) is 3.79. The van der Waals surface area contributed by atoms with E-state index in [-0.39, 0.29) is 0 Å². The van der Waals surface area contributed by atoms with Crippen LogP contribution >= 0.6 is 22.7 Å². The molecule has 0 amide bonds. The molecule has 0 fully saturated rings. The molecule has 2 heterocycles. The number of hydrogen-bond acceptors (Lipinski definition) is 4. The number of hydrogen-bond donors (Lipinski definition) is 2. The van der Waals surface area contributed by atoms with E-state index in [9.17, 15) is 0 Å². The van der Waals surface area contributed by atoms with Gasteiger partial charge in [-0.1, -0.05) is 13.8 Å². The maximum absolute atomic E-state index is 4.67. The van der Waals surface area contributed by atoms with Gasteiger partial charge in [-0.3, -0.25) is 0 Å². The lowest BCUT2D eigenvalue weighted by atomic mass is 10.3. The SMILES string of the molecule is CCNC(=NCc1ccc(CC)s1)NCCc1csc(CC)n1. The fourth-order valence-electron chi connectivity index (χ4n) is 2.13. The van der Waals surface area contributed by atoms with Crippen LogP contribution in [-0.4, -0.2) is 24.0 Å². The highest BCUT2D eigenvalue weighted by Crippen LogP contribution is 2.17. The third-order valence-electron chi connectivity index (χ3n) is 3.38. The zero-order chi connectivity index (χ0) is 16.5. The summed E-state index contributed by atoms with van der Waals surface area (Å²) in [6.07, 6.45) is 3.04. The summed E-state index contributed by atoms with van der Waals surface area (Å²) in [4.78, 5) is 12.0. The molecule has 2 rings (SSSR count). The second kappa shape index (κ2) is 9.67. The van der Waals surface area contributed by atoms with Crippen LogP contribution in [0, 0.1) is 0 Å². The van der Waals surface area contributed by atoms with Crippen molar-refractivity contribution in [2.45, 2.75) is 46.6 Å². The normalized spacial score (nSPS) is 11.7. The van der Waals surface area contributed by atoms with Crippen LogP contribution in [0.4, 0.5) is 0 Å². The van der Waals surface area contributed by atoms with E-state index in [0.29, 0.717) is 0 Å². The summed E-state index contributed by atoms with van der Waals surface area (Å²) in [6.45, 7) is 8.87. The monoisotopic (exact) mass is 350 g/mol. The Labute approximate surface area is 147 Å². The van der Waals surface area contributed by atoms with Gasteiger partial charge in [0.2, 0.25) is 0 Å². The van der Waals surface area contributed by atoms with Crippen LogP contribution in [0.15, 0.2) is 22.5 Å². The van der Waals surface area contributed by atoms with Crippen LogP contribution in [0.3, 0.4) is 0 Å². The first-order chi connectivity index (χ1) is 11.2. The van der Waals surface area contributed by atoms with Crippen LogP contribution in [0.25, 0.3) is 0 Å². The number of aliphatic imine (C=N–C) groups is 1. The summed E-state index contributed by atoms with van der Waals surface area (Å²) >= 11 is 3.59. The summed E-state index contributed by atoms with van der Waals surface area (Å²) in [6, 6.07) is 4.38. The summed E-state index contributed by atoms with van der Waals surface area (Å²) in [7, 11) is 0. The van der Waals surface area contributed by atoms with Gasteiger partial charge in [-0.05, 0) is 31.9 Å². The lowest BCUT2D eigenvalue weighted by molar-refractivity contribution is 0.790. The molecule has 126 valence electrons. The Balaban J connectivity index is 1.83. The van der Waals surface area contributed by atoms with E-state index in [0.717, 1.165) is 44.9 Å². The van der Waals surface area contributed by atoms with Crippen molar-refractivity contribution in [1.82, 2.24) is 15.6 Å². The maximum atomic E-state index is 4.67. The molecule has 6 heteroatoms. The molecule has 0 aromatic carbocycles.